The number of carbonyl (C=O) groups excluding carboxylic acids is 1. The fourth-order valence-corrected chi connectivity index (χ4v) is 2.41. The van der Waals surface area contributed by atoms with Crippen molar-refractivity contribution in [1.82, 2.24) is 0 Å². The van der Waals surface area contributed by atoms with Crippen LogP contribution in [-0.2, 0) is 9.53 Å². The number of aliphatic hydroxyl groups excluding tert-OH is 3. The summed E-state index contributed by atoms with van der Waals surface area (Å²) in [7, 11) is 0. The van der Waals surface area contributed by atoms with Crippen LogP contribution in [0.4, 0.5) is 0 Å². The number of rotatable bonds is 6. The minimum atomic E-state index is -1.15. The molecule has 5 nitrogen and oxygen atoms in total. The van der Waals surface area contributed by atoms with Crippen molar-refractivity contribution < 1.29 is 24.9 Å². The SMILES string of the molecule is CCCCCCC[C@@H]1OC(=O)CC[C@H](O)/C=C\[C@H](O)[C@H]1O. The fraction of sp³-hybridized carbons (Fsp3) is 0.812. The third-order valence-corrected chi connectivity index (χ3v) is 3.78. The molecule has 0 fully saturated rings. The van der Waals surface area contributed by atoms with E-state index in [1.807, 2.05) is 0 Å². The van der Waals surface area contributed by atoms with Crippen molar-refractivity contribution in [3.05, 3.63) is 12.2 Å². The molecule has 3 N–H and O–H groups in total. The summed E-state index contributed by atoms with van der Waals surface area (Å²) < 4.78 is 5.27. The Bertz CT molecular complexity index is 329. The van der Waals surface area contributed by atoms with E-state index in [9.17, 15) is 20.1 Å². The number of hydrogen-bond donors (Lipinski definition) is 3. The lowest BCUT2D eigenvalue weighted by Crippen LogP contribution is -2.40. The van der Waals surface area contributed by atoms with E-state index < -0.39 is 30.4 Å². The van der Waals surface area contributed by atoms with Gasteiger partial charge < -0.3 is 20.1 Å². The first kappa shape index (κ1) is 18.1. The third kappa shape index (κ3) is 7.07. The average molecular weight is 300 g/mol. The summed E-state index contributed by atoms with van der Waals surface area (Å²) in [5.74, 6) is -0.436. The molecular formula is C16H28O5. The van der Waals surface area contributed by atoms with Crippen LogP contribution in [0.5, 0.6) is 0 Å². The molecule has 21 heavy (non-hydrogen) atoms. The summed E-state index contributed by atoms with van der Waals surface area (Å²) in [5, 5.41) is 29.5. The van der Waals surface area contributed by atoms with Gasteiger partial charge in [0.15, 0.2) is 0 Å². The number of ether oxygens (including phenoxy) is 1. The van der Waals surface area contributed by atoms with Gasteiger partial charge in [-0.3, -0.25) is 4.79 Å². The van der Waals surface area contributed by atoms with Crippen molar-refractivity contribution in [2.24, 2.45) is 0 Å². The highest BCUT2D eigenvalue weighted by atomic mass is 16.6. The molecule has 1 aliphatic rings. The first-order valence-electron chi connectivity index (χ1n) is 7.96. The molecule has 4 atom stereocenters. The molecule has 0 aromatic heterocycles. The maximum absolute atomic E-state index is 11.7. The summed E-state index contributed by atoms with van der Waals surface area (Å²) in [4.78, 5) is 11.7. The van der Waals surface area contributed by atoms with E-state index in [0.717, 1.165) is 25.7 Å². The van der Waals surface area contributed by atoms with Gasteiger partial charge >= 0.3 is 5.97 Å². The van der Waals surface area contributed by atoms with Crippen molar-refractivity contribution in [3.63, 3.8) is 0 Å². The van der Waals surface area contributed by atoms with E-state index in [1.54, 1.807) is 0 Å². The van der Waals surface area contributed by atoms with E-state index in [0.29, 0.717) is 6.42 Å². The van der Waals surface area contributed by atoms with Crippen LogP contribution in [0.2, 0.25) is 0 Å². The Morgan fingerprint density at radius 2 is 1.86 bits per heavy atom. The quantitative estimate of drug-likeness (QED) is 0.395. The minimum Gasteiger partial charge on any atom is -0.459 e. The fourth-order valence-electron chi connectivity index (χ4n) is 2.41. The second kappa shape index (κ2) is 9.92. The van der Waals surface area contributed by atoms with Crippen molar-refractivity contribution in [2.45, 2.75) is 82.7 Å². The van der Waals surface area contributed by atoms with Crippen molar-refractivity contribution in [2.75, 3.05) is 0 Å². The maximum Gasteiger partial charge on any atom is 0.306 e. The first-order valence-corrected chi connectivity index (χ1v) is 7.96. The molecule has 5 heteroatoms. The van der Waals surface area contributed by atoms with Crippen LogP contribution in [0.3, 0.4) is 0 Å². The topological polar surface area (TPSA) is 87.0 Å². The number of hydrogen-bond acceptors (Lipinski definition) is 5. The Morgan fingerprint density at radius 1 is 1.14 bits per heavy atom. The predicted octanol–water partition coefficient (Wildman–Crippen LogP) is 1.69. The summed E-state index contributed by atoms with van der Waals surface area (Å²) in [5.41, 5.74) is 0. The summed E-state index contributed by atoms with van der Waals surface area (Å²) in [6, 6.07) is 0. The van der Waals surface area contributed by atoms with Gasteiger partial charge in [-0.25, -0.2) is 0 Å². The van der Waals surface area contributed by atoms with E-state index in [1.165, 1.54) is 18.6 Å². The number of esters is 1. The molecule has 0 aromatic carbocycles. The highest BCUT2D eigenvalue weighted by molar-refractivity contribution is 5.69. The lowest BCUT2D eigenvalue weighted by Gasteiger charge is -2.26. The minimum absolute atomic E-state index is 0.112. The summed E-state index contributed by atoms with van der Waals surface area (Å²) in [6.45, 7) is 2.14. The van der Waals surface area contributed by atoms with E-state index >= 15 is 0 Å². The number of aliphatic hydroxyl groups is 3. The van der Waals surface area contributed by atoms with Crippen LogP contribution in [0, 0.1) is 0 Å². The standard InChI is InChI=1S/C16H28O5/c1-2-3-4-5-6-7-14-16(20)13(18)10-8-12(17)9-11-15(19)21-14/h8,10,12-14,16-18,20H,2-7,9,11H2,1H3/b10-8-/t12-,13+,14+,16-/m1/s1. The molecule has 1 aliphatic heterocycles. The van der Waals surface area contributed by atoms with E-state index in [-0.39, 0.29) is 12.8 Å². The van der Waals surface area contributed by atoms with Crippen LogP contribution < -0.4 is 0 Å². The molecular weight excluding hydrogens is 272 g/mol. The monoisotopic (exact) mass is 300 g/mol. The van der Waals surface area contributed by atoms with Gasteiger partial charge in [-0.1, -0.05) is 44.8 Å². The van der Waals surface area contributed by atoms with Crippen LogP contribution in [0.25, 0.3) is 0 Å². The second-order valence-corrected chi connectivity index (χ2v) is 5.70. The summed E-state index contributed by atoms with van der Waals surface area (Å²) in [6.07, 6.45) is 5.29. The van der Waals surface area contributed by atoms with Gasteiger partial charge in [-0.05, 0) is 19.3 Å². The zero-order chi connectivity index (χ0) is 15.7. The first-order chi connectivity index (χ1) is 10.0. The molecule has 0 amide bonds. The smallest absolute Gasteiger partial charge is 0.306 e. The number of unbranched alkanes of at least 4 members (excludes halogenated alkanes) is 4. The molecule has 1 rings (SSSR count). The molecule has 0 radical (unpaired) electrons. The van der Waals surface area contributed by atoms with Gasteiger partial charge in [-0.15, -0.1) is 0 Å². The van der Waals surface area contributed by atoms with E-state index in [4.69, 9.17) is 4.74 Å². The van der Waals surface area contributed by atoms with Crippen LogP contribution in [0.15, 0.2) is 12.2 Å². The lowest BCUT2D eigenvalue weighted by molar-refractivity contribution is -0.160. The van der Waals surface area contributed by atoms with Crippen LogP contribution >= 0.6 is 0 Å². The predicted molar refractivity (Wildman–Crippen MR) is 79.7 cm³/mol. The van der Waals surface area contributed by atoms with Gasteiger partial charge in [0.05, 0.1) is 6.10 Å². The third-order valence-electron chi connectivity index (χ3n) is 3.78. The highest BCUT2D eigenvalue weighted by Crippen LogP contribution is 2.18. The largest absolute Gasteiger partial charge is 0.459 e. The zero-order valence-corrected chi connectivity index (χ0v) is 12.8. The molecule has 0 saturated carbocycles. The molecule has 0 bridgehead atoms. The Labute approximate surface area is 126 Å². The molecule has 0 saturated heterocycles. The maximum atomic E-state index is 11.7. The van der Waals surface area contributed by atoms with Gasteiger partial charge in [0.2, 0.25) is 0 Å². The van der Waals surface area contributed by atoms with Gasteiger partial charge in [-0.2, -0.15) is 0 Å². The molecule has 122 valence electrons. The average Bonchev–Trinajstić information content (AvgIpc) is 2.47. The van der Waals surface area contributed by atoms with Crippen molar-refractivity contribution in [1.29, 1.82) is 0 Å². The van der Waals surface area contributed by atoms with Crippen molar-refractivity contribution >= 4 is 5.97 Å². The molecule has 0 spiro atoms. The van der Waals surface area contributed by atoms with E-state index in [2.05, 4.69) is 6.92 Å². The molecule has 1 heterocycles. The number of carbonyl (C=O) groups is 1. The van der Waals surface area contributed by atoms with Crippen molar-refractivity contribution in [3.8, 4) is 0 Å². The molecule has 0 aliphatic carbocycles. The number of cyclic esters (lactones) is 1. The van der Waals surface area contributed by atoms with Crippen LogP contribution in [-0.4, -0.2) is 45.7 Å². The molecule has 0 aromatic rings. The van der Waals surface area contributed by atoms with Gasteiger partial charge in [0, 0.05) is 6.42 Å². The summed E-state index contributed by atoms with van der Waals surface area (Å²) >= 11 is 0. The highest BCUT2D eigenvalue weighted by Gasteiger charge is 2.29. The Kier molecular flexibility index (Phi) is 8.57. The Morgan fingerprint density at radius 3 is 2.57 bits per heavy atom. The van der Waals surface area contributed by atoms with Crippen LogP contribution in [0.1, 0.15) is 58.3 Å². The second-order valence-electron chi connectivity index (χ2n) is 5.70. The van der Waals surface area contributed by atoms with Gasteiger partial charge in [0.1, 0.15) is 18.3 Å². The van der Waals surface area contributed by atoms with Gasteiger partial charge in [0.25, 0.3) is 0 Å². The normalized spacial score (nSPS) is 32.5. The Balaban J connectivity index is 2.56. The zero-order valence-electron chi connectivity index (χ0n) is 12.8. The lowest BCUT2D eigenvalue weighted by atomic mass is 9.99. The molecule has 0 unspecified atom stereocenters. The Hall–Kier alpha value is -0.910.